The third-order valence-electron chi connectivity index (χ3n) is 5.43. The molecule has 0 aliphatic heterocycles. The van der Waals surface area contributed by atoms with Crippen molar-refractivity contribution < 1.29 is 18.6 Å². The first-order valence-electron chi connectivity index (χ1n) is 13.0. The summed E-state index contributed by atoms with van der Waals surface area (Å²) >= 11 is 0. The van der Waals surface area contributed by atoms with E-state index in [1.54, 1.807) is 6.07 Å². The molecule has 0 saturated heterocycles. The standard InChI is InChI=1S/C31H42O5/c1-6-8-10-12-20-33-26-17-18-27-28(23-26)36-31(32)30(34-21-13-11-9-7-2)29(27)35-22-19-25(5)16-14-15-24(3)4/h8-11,15,17-19,23H,6-7,12-14,16,20-22H2,1-5H3. The van der Waals surface area contributed by atoms with Gasteiger partial charge in [0.05, 0.1) is 18.6 Å². The van der Waals surface area contributed by atoms with Crippen molar-refractivity contribution in [1.29, 1.82) is 0 Å². The molecule has 0 saturated carbocycles. The second-order valence-corrected chi connectivity index (χ2v) is 8.92. The summed E-state index contributed by atoms with van der Waals surface area (Å²) in [6.45, 7) is 11.7. The van der Waals surface area contributed by atoms with Crippen LogP contribution in [-0.2, 0) is 0 Å². The van der Waals surface area contributed by atoms with Gasteiger partial charge in [0.25, 0.3) is 0 Å². The van der Waals surface area contributed by atoms with Crippen LogP contribution in [0.1, 0.15) is 73.1 Å². The molecule has 2 rings (SSSR count). The molecule has 0 fully saturated rings. The number of ether oxygens (including phenoxy) is 3. The average Bonchev–Trinajstić information content (AvgIpc) is 2.84. The second-order valence-electron chi connectivity index (χ2n) is 8.92. The van der Waals surface area contributed by atoms with E-state index in [-0.39, 0.29) is 5.75 Å². The molecule has 0 aliphatic carbocycles. The van der Waals surface area contributed by atoms with Crippen molar-refractivity contribution in [3.8, 4) is 17.2 Å². The largest absolute Gasteiger partial charge is 0.493 e. The van der Waals surface area contributed by atoms with E-state index < -0.39 is 5.63 Å². The van der Waals surface area contributed by atoms with Crippen molar-refractivity contribution in [1.82, 2.24) is 0 Å². The molecule has 0 N–H and O–H groups in total. The number of hydrogen-bond acceptors (Lipinski definition) is 5. The van der Waals surface area contributed by atoms with E-state index in [4.69, 9.17) is 18.6 Å². The van der Waals surface area contributed by atoms with Crippen molar-refractivity contribution in [2.45, 2.75) is 73.1 Å². The maximum atomic E-state index is 12.9. The van der Waals surface area contributed by atoms with Gasteiger partial charge in [-0.25, -0.2) is 4.79 Å². The Morgan fingerprint density at radius 2 is 1.53 bits per heavy atom. The van der Waals surface area contributed by atoms with Gasteiger partial charge in [0.15, 0.2) is 5.75 Å². The van der Waals surface area contributed by atoms with E-state index in [0.29, 0.717) is 48.7 Å². The Balaban J connectivity index is 2.25. The van der Waals surface area contributed by atoms with Crippen LogP contribution in [-0.4, -0.2) is 19.8 Å². The van der Waals surface area contributed by atoms with Crippen LogP contribution < -0.4 is 19.8 Å². The SMILES string of the molecule is CCC=CCCOc1ccc2c(OCC=C(C)CCC=C(C)C)c(OCCC=CCC)c(=O)oc2c1. The molecular weight excluding hydrogens is 452 g/mol. The lowest BCUT2D eigenvalue weighted by Gasteiger charge is -2.14. The van der Waals surface area contributed by atoms with Crippen molar-refractivity contribution in [2.75, 3.05) is 19.8 Å². The van der Waals surface area contributed by atoms with Gasteiger partial charge in [0, 0.05) is 6.07 Å². The number of hydrogen-bond donors (Lipinski definition) is 0. The Morgan fingerprint density at radius 1 is 0.833 bits per heavy atom. The zero-order valence-electron chi connectivity index (χ0n) is 22.6. The molecule has 1 aromatic carbocycles. The van der Waals surface area contributed by atoms with Crippen LogP contribution in [0.15, 0.2) is 75.0 Å². The fraction of sp³-hybridized carbons (Fsp3) is 0.452. The molecule has 1 aromatic heterocycles. The molecular formula is C31H42O5. The summed E-state index contributed by atoms with van der Waals surface area (Å²) in [7, 11) is 0. The van der Waals surface area contributed by atoms with E-state index in [0.717, 1.165) is 32.1 Å². The summed E-state index contributed by atoms with van der Waals surface area (Å²) in [5.74, 6) is 1.17. The number of rotatable bonds is 16. The molecule has 0 radical (unpaired) electrons. The van der Waals surface area contributed by atoms with Crippen LogP contribution >= 0.6 is 0 Å². The van der Waals surface area contributed by atoms with Crippen molar-refractivity contribution in [3.05, 3.63) is 76.2 Å². The lowest BCUT2D eigenvalue weighted by molar-refractivity contribution is 0.275. The Hall–Kier alpha value is -3.21. The van der Waals surface area contributed by atoms with Gasteiger partial charge < -0.3 is 18.6 Å². The first-order valence-corrected chi connectivity index (χ1v) is 13.0. The van der Waals surface area contributed by atoms with Gasteiger partial charge in [0.2, 0.25) is 5.75 Å². The highest BCUT2D eigenvalue weighted by molar-refractivity contribution is 5.86. The number of fused-ring (bicyclic) bond motifs is 1. The van der Waals surface area contributed by atoms with Gasteiger partial charge in [0.1, 0.15) is 17.9 Å². The summed E-state index contributed by atoms with van der Waals surface area (Å²) in [6.07, 6.45) is 18.1. The molecule has 2 aromatic rings. The predicted molar refractivity (Wildman–Crippen MR) is 149 cm³/mol. The van der Waals surface area contributed by atoms with Gasteiger partial charge in [-0.1, -0.05) is 55.4 Å². The lowest BCUT2D eigenvalue weighted by Crippen LogP contribution is -2.11. The van der Waals surface area contributed by atoms with Crippen LogP contribution in [0.5, 0.6) is 17.2 Å². The first kappa shape index (κ1) is 29.0. The number of allylic oxidation sites excluding steroid dienone is 5. The molecule has 0 atom stereocenters. The van der Waals surface area contributed by atoms with Crippen LogP contribution in [0.3, 0.4) is 0 Å². The Kier molecular flexibility index (Phi) is 13.3. The maximum Gasteiger partial charge on any atom is 0.383 e. The van der Waals surface area contributed by atoms with E-state index in [9.17, 15) is 4.79 Å². The quantitative estimate of drug-likeness (QED) is 0.133. The van der Waals surface area contributed by atoms with Gasteiger partial charge in [-0.2, -0.15) is 0 Å². The minimum atomic E-state index is -0.552. The molecule has 36 heavy (non-hydrogen) atoms. The van der Waals surface area contributed by atoms with Gasteiger partial charge >= 0.3 is 5.63 Å². The fourth-order valence-electron chi connectivity index (χ4n) is 3.49. The highest BCUT2D eigenvalue weighted by Gasteiger charge is 2.18. The topological polar surface area (TPSA) is 57.9 Å². The fourth-order valence-corrected chi connectivity index (χ4v) is 3.49. The zero-order valence-corrected chi connectivity index (χ0v) is 22.6. The highest BCUT2D eigenvalue weighted by Crippen LogP contribution is 2.35. The van der Waals surface area contributed by atoms with Crippen LogP contribution in [0.25, 0.3) is 11.0 Å². The zero-order chi connectivity index (χ0) is 26.2. The third kappa shape index (κ3) is 10.2. The highest BCUT2D eigenvalue weighted by atomic mass is 16.5. The van der Waals surface area contributed by atoms with Crippen LogP contribution in [0.4, 0.5) is 0 Å². The molecule has 5 heteroatoms. The Bertz CT molecular complexity index is 1110. The Labute approximate surface area is 216 Å². The lowest BCUT2D eigenvalue weighted by atomic mass is 10.1. The van der Waals surface area contributed by atoms with E-state index in [1.165, 1.54) is 11.1 Å². The minimum absolute atomic E-state index is 0.112. The van der Waals surface area contributed by atoms with Crippen LogP contribution in [0, 0.1) is 0 Å². The molecule has 0 bridgehead atoms. The smallest absolute Gasteiger partial charge is 0.383 e. The second kappa shape index (κ2) is 16.5. The molecule has 0 aliphatic rings. The van der Waals surface area contributed by atoms with Gasteiger partial charge in [-0.15, -0.1) is 0 Å². The maximum absolute atomic E-state index is 12.9. The summed E-state index contributed by atoms with van der Waals surface area (Å²) < 4.78 is 23.4. The van der Waals surface area contributed by atoms with Gasteiger partial charge in [-0.3, -0.25) is 0 Å². The summed E-state index contributed by atoms with van der Waals surface area (Å²) in [4.78, 5) is 12.9. The molecule has 0 amide bonds. The number of benzene rings is 1. The van der Waals surface area contributed by atoms with E-state index in [1.807, 2.05) is 24.3 Å². The average molecular weight is 495 g/mol. The van der Waals surface area contributed by atoms with Crippen molar-refractivity contribution in [3.63, 3.8) is 0 Å². The Morgan fingerprint density at radius 3 is 2.19 bits per heavy atom. The monoisotopic (exact) mass is 494 g/mol. The van der Waals surface area contributed by atoms with Crippen molar-refractivity contribution >= 4 is 11.0 Å². The van der Waals surface area contributed by atoms with E-state index in [2.05, 4.69) is 58.9 Å². The van der Waals surface area contributed by atoms with Crippen molar-refractivity contribution in [2.24, 2.45) is 0 Å². The molecule has 5 nitrogen and oxygen atoms in total. The first-order chi connectivity index (χ1) is 17.5. The predicted octanol–water partition coefficient (Wildman–Crippen LogP) is 8.33. The molecule has 0 spiro atoms. The minimum Gasteiger partial charge on any atom is -0.493 e. The summed E-state index contributed by atoms with van der Waals surface area (Å²) in [6, 6.07) is 5.47. The van der Waals surface area contributed by atoms with Crippen LogP contribution in [0.2, 0.25) is 0 Å². The molecule has 1 heterocycles. The molecule has 196 valence electrons. The molecule has 0 unspecified atom stereocenters. The van der Waals surface area contributed by atoms with Gasteiger partial charge in [-0.05, 0) is 77.5 Å². The summed E-state index contributed by atoms with van der Waals surface area (Å²) in [5, 5.41) is 0.683. The van der Waals surface area contributed by atoms with E-state index >= 15 is 0 Å². The summed E-state index contributed by atoms with van der Waals surface area (Å²) in [5.41, 5.74) is 2.42. The third-order valence-corrected chi connectivity index (χ3v) is 5.43. The normalized spacial score (nSPS) is 12.0.